The molecule has 0 fully saturated rings. The van der Waals surface area contributed by atoms with Crippen LogP contribution in [-0.4, -0.2) is 28.4 Å². The van der Waals surface area contributed by atoms with E-state index in [9.17, 15) is 9.59 Å². The molecule has 1 heterocycles. The molecule has 2 amide bonds. The van der Waals surface area contributed by atoms with Crippen LogP contribution in [0.15, 0.2) is 48.7 Å². The minimum atomic E-state index is -0.393. The van der Waals surface area contributed by atoms with E-state index in [2.05, 4.69) is 6.58 Å². The number of hydrogen-bond donors (Lipinski definition) is 1. The van der Waals surface area contributed by atoms with Crippen molar-refractivity contribution in [2.45, 2.75) is 0 Å². The zero-order valence-corrected chi connectivity index (χ0v) is 8.09. The number of nitrogens with zero attached hydrogens (tertiary/aromatic N) is 1. The minimum absolute atomic E-state index is 0.155. The van der Waals surface area contributed by atoms with E-state index in [0.29, 0.717) is 5.70 Å². The summed E-state index contributed by atoms with van der Waals surface area (Å²) in [6, 6.07) is 0. The predicted octanol–water partition coefficient (Wildman–Crippen LogP) is 0.530. The third kappa shape index (κ3) is 2.51. The van der Waals surface area contributed by atoms with Gasteiger partial charge in [0.25, 0.3) is 11.8 Å². The van der Waals surface area contributed by atoms with Gasteiger partial charge in [-0.2, -0.15) is 0 Å². The Hall–Kier alpha value is -1.94. The predicted molar refractivity (Wildman–Crippen MR) is 55.5 cm³/mol. The molecular formula is C11H11NO3. The Morgan fingerprint density at radius 2 is 2.00 bits per heavy atom. The van der Waals surface area contributed by atoms with Gasteiger partial charge in [-0.15, -0.1) is 0 Å². The highest BCUT2D eigenvalue weighted by Gasteiger charge is 2.25. The molecule has 78 valence electrons. The van der Waals surface area contributed by atoms with Crippen molar-refractivity contribution in [1.29, 1.82) is 0 Å². The van der Waals surface area contributed by atoms with Crippen molar-refractivity contribution >= 4 is 11.8 Å². The molecule has 0 radical (unpaired) electrons. The Bertz CT molecular complexity index is 359. The van der Waals surface area contributed by atoms with Crippen molar-refractivity contribution in [1.82, 2.24) is 4.90 Å². The van der Waals surface area contributed by atoms with Crippen molar-refractivity contribution in [2.75, 3.05) is 6.61 Å². The molecule has 1 aliphatic heterocycles. The first-order valence-electron chi connectivity index (χ1n) is 4.37. The number of hydrogen-bond acceptors (Lipinski definition) is 3. The van der Waals surface area contributed by atoms with E-state index >= 15 is 0 Å². The molecule has 1 rings (SSSR count). The van der Waals surface area contributed by atoms with Crippen LogP contribution in [0.25, 0.3) is 0 Å². The van der Waals surface area contributed by atoms with Crippen LogP contribution >= 0.6 is 0 Å². The number of carbonyl (C=O) groups is 2. The maximum absolute atomic E-state index is 11.3. The largest absolute Gasteiger partial charge is 0.392 e. The summed E-state index contributed by atoms with van der Waals surface area (Å²) in [6.07, 6.45) is 8.32. The van der Waals surface area contributed by atoms with Gasteiger partial charge in [0.1, 0.15) is 0 Å². The van der Waals surface area contributed by atoms with E-state index in [0.717, 1.165) is 4.90 Å². The average Bonchev–Trinajstić information content (AvgIpc) is 2.54. The molecule has 0 aromatic heterocycles. The van der Waals surface area contributed by atoms with E-state index in [1.165, 1.54) is 36.5 Å². The Labute approximate surface area is 87.5 Å². The van der Waals surface area contributed by atoms with Gasteiger partial charge in [0.15, 0.2) is 0 Å². The summed E-state index contributed by atoms with van der Waals surface area (Å²) >= 11 is 0. The van der Waals surface area contributed by atoms with Gasteiger partial charge >= 0.3 is 0 Å². The first-order valence-corrected chi connectivity index (χ1v) is 4.37. The van der Waals surface area contributed by atoms with Crippen LogP contribution in [-0.2, 0) is 9.59 Å². The molecule has 1 N–H and O–H groups in total. The van der Waals surface area contributed by atoms with E-state index in [4.69, 9.17) is 5.11 Å². The van der Waals surface area contributed by atoms with Crippen LogP contribution in [0.5, 0.6) is 0 Å². The smallest absolute Gasteiger partial charge is 0.258 e. The average molecular weight is 205 g/mol. The summed E-state index contributed by atoms with van der Waals surface area (Å²) in [4.78, 5) is 23.6. The third-order valence-corrected chi connectivity index (χ3v) is 1.75. The van der Waals surface area contributed by atoms with Crippen LogP contribution in [0.3, 0.4) is 0 Å². The van der Waals surface area contributed by atoms with E-state index in [1.807, 2.05) is 0 Å². The summed E-state index contributed by atoms with van der Waals surface area (Å²) in [7, 11) is 0. The molecule has 0 unspecified atom stereocenters. The highest BCUT2D eigenvalue weighted by atomic mass is 16.2. The number of aliphatic hydroxyl groups excluding tert-OH is 1. The first kappa shape index (κ1) is 11.1. The second-order valence-corrected chi connectivity index (χ2v) is 2.76. The topological polar surface area (TPSA) is 57.6 Å². The number of carbonyl (C=O) groups excluding carboxylic acids is 2. The molecule has 0 saturated carbocycles. The summed E-state index contributed by atoms with van der Waals surface area (Å²) in [5, 5.41) is 8.61. The number of rotatable bonds is 4. The number of amides is 2. The fourth-order valence-corrected chi connectivity index (χ4v) is 1.15. The van der Waals surface area contributed by atoms with E-state index < -0.39 is 11.8 Å². The molecule has 4 nitrogen and oxygen atoms in total. The van der Waals surface area contributed by atoms with Gasteiger partial charge in [-0.25, -0.2) is 4.90 Å². The van der Waals surface area contributed by atoms with Crippen LogP contribution in [0.2, 0.25) is 0 Å². The number of aliphatic hydroxyl groups is 1. The summed E-state index contributed by atoms with van der Waals surface area (Å²) in [6.45, 7) is 3.33. The van der Waals surface area contributed by atoms with Crippen molar-refractivity contribution in [3.63, 3.8) is 0 Å². The Morgan fingerprint density at radius 1 is 1.40 bits per heavy atom. The summed E-state index contributed by atoms with van der Waals surface area (Å²) in [5.74, 6) is -0.786. The normalized spacial score (nSPS) is 16.9. The molecule has 0 aromatic carbocycles. The molecule has 15 heavy (non-hydrogen) atoms. The monoisotopic (exact) mass is 205 g/mol. The van der Waals surface area contributed by atoms with Gasteiger partial charge in [-0.1, -0.05) is 18.7 Å². The van der Waals surface area contributed by atoms with Crippen molar-refractivity contribution in [2.24, 2.45) is 0 Å². The molecule has 0 bridgehead atoms. The molecule has 0 aromatic rings. The lowest BCUT2D eigenvalue weighted by molar-refractivity contribution is -0.134. The van der Waals surface area contributed by atoms with Gasteiger partial charge in [-0.05, 0) is 12.2 Å². The standard InChI is InChI=1S/C11H11NO3/c1-2-4-9(5-3-8-13)12-10(14)6-7-11(12)15/h2-7,13H,1,8H2/b5-3-,9-4+. The van der Waals surface area contributed by atoms with Gasteiger partial charge in [0, 0.05) is 12.2 Å². The van der Waals surface area contributed by atoms with Crippen LogP contribution in [0.1, 0.15) is 0 Å². The zero-order chi connectivity index (χ0) is 11.3. The number of allylic oxidation sites excluding steroid dienone is 3. The van der Waals surface area contributed by atoms with Crippen molar-refractivity contribution in [3.8, 4) is 0 Å². The summed E-state index contributed by atoms with van der Waals surface area (Å²) in [5.41, 5.74) is 0.388. The van der Waals surface area contributed by atoms with Crippen molar-refractivity contribution < 1.29 is 14.7 Å². The molecule has 0 aliphatic carbocycles. The second-order valence-electron chi connectivity index (χ2n) is 2.76. The maximum Gasteiger partial charge on any atom is 0.258 e. The van der Waals surface area contributed by atoms with Gasteiger partial charge in [-0.3, -0.25) is 9.59 Å². The highest BCUT2D eigenvalue weighted by molar-refractivity contribution is 6.14. The van der Waals surface area contributed by atoms with Crippen LogP contribution in [0, 0.1) is 0 Å². The Morgan fingerprint density at radius 3 is 2.47 bits per heavy atom. The molecule has 1 aliphatic rings. The lowest BCUT2D eigenvalue weighted by atomic mass is 10.3. The maximum atomic E-state index is 11.3. The highest BCUT2D eigenvalue weighted by Crippen LogP contribution is 2.13. The van der Waals surface area contributed by atoms with E-state index in [1.54, 1.807) is 0 Å². The lowest BCUT2D eigenvalue weighted by Crippen LogP contribution is -2.28. The Kier molecular flexibility index (Phi) is 3.76. The second kappa shape index (κ2) is 5.07. The summed E-state index contributed by atoms with van der Waals surface area (Å²) < 4.78 is 0. The SMILES string of the molecule is C=C/C=C(\C=C/CO)N1C(=O)C=CC1=O. The van der Waals surface area contributed by atoms with E-state index in [-0.39, 0.29) is 6.61 Å². The van der Waals surface area contributed by atoms with Crippen LogP contribution in [0.4, 0.5) is 0 Å². The lowest BCUT2D eigenvalue weighted by Gasteiger charge is -2.14. The van der Waals surface area contributed by atoms with Gasteiger partial charge < -0.3 is 5.11 Å². The first-order chi connectivity index (χ1) is 7.20. The van der Waals surface area contributed by atoms with Gasteiger partial charge in [0.2, 0.25) is 0 Å². The molecule has 0 atom stereocenters. The molecule has 0 spiro atoms. The third-order valence-electron chi connectivity index (χ3n) is 1.75. The quantitative estimate of drug-likeness (QED) is 0.538. The Balaban J connectivity index is 2.95. The molecule has 4 heteroatoms. The minimum Gasteiger partial charge on any atom is -0.392 e. The molecule has 0 saturated heterocycles. The van der Waals surface area contributed by atoms with Gasteiger partial charge in [0.05, 0.1) is 12.3 Å². The zero-order valence-electron chi connectivity index (χ0n) is 8.09. The van der Waals surface area contributed by atoms with Crippen molar-refractivity contribution in [3.05, 3.63) is 48.7 Å². The fraction of sp³-hybridized carbons (Fsp3) is 0.0909. The molecular weight excluding hydrogens is 194 g/mol. The number of imide groups is 1. The fourth-order valence-electron chi connectivity index (χ4n) is 1.15. The van der Waals surface area contributed by atoms with Crippen LogP contribution < -0.4 is 0 Å².